The van der Waals surface area contributed by atoms with Gasteiger partial charge in [0.25, 0.3) is 0 Å². The number of Topliss-reactive ketones (excluding diaryl/α,β-unsaturated/α-hetero) is 2. The molecular formula is C33H31N2O3+. The van der Waals surface area contributed by atoms with Crippen LogP contribution in [0.5, 0.6) is 5.75 Å². The Kier molecular flexibility index (Phi) is 5.68. The first-order chi connectivity index (χ1) is 18.3. The number of hydrogen-bond donors (Lipinski definition) is 0. The van der Waals surface area contributed by atoms with Crippen LogP contribution in [0.3, 0.4) is 0 Å². The summed E-state index contributed by atoms with van der Waals surface area (Å²) >= 11 is 0. The Balaban J connectivity index is 1.37. The third kappa shape index (κ3) is 3.57. The SMILES string of the molecule is Cc1c(C2C(=O)C(=CC3=[N+](CCOc4ccccc4)c4ccccc4C3(C)C)C2=O)c2ccccc2n1C. The van der Waals surface area contributed by atoms with Crippen molar-refractivity contribution >= 4 is 33.9 Å². The number of ether oxygens (including phenoxy) is 1. The van der Waals surface area contributed by atoms with Gasteiger partial charge < -0.3 is 9.30 Å². The highest BCUT2D eigenvalue weighted by Crippen LogP contribution is 2.44. The first kappa shape index (κ1) is 24.1. The number of benzene rings is 3. The van der Waals surface area contributed by atoms with E-state index in [1.165, 1.54) is 5.56 Å². The summed E-state index contributed by atoms with van der Waals surface area (Å²) in [6, 6.07) is 26.0. The zero-order chi connectivity index (χ0) is 26.6. The average molecular weight is 504 g/mol. The molecule has 1 aromatic heterocycles. The van der Waals surface area contributed by atoms with Crippen LogP contribution in [-0.4, -0.2) is 39.6 Å². The largest absolute Gasteiger partial charge is 0.487 e. The van der Waals surface area contributed by atoms with Crippen LogP contribution in [0.4, 0.5) is 5.69 Å². The molecule has 190 valence electrons. The molecule has 2 heterocycles. The van der Waals surface area contributed by atoms with Gasteiger partial charge in [-0.1, -0.05) is 54.6 Å². The zero-order valence-corrected chi connectivity index (χ0v) is 22.2. The summed E-state index contributed by atoms with van der Waals surface area (Å²) in [7, 11) is 1.98. The number of ketones is 2. The maximum absolute atomic E-state index is 13.6. The van der Waals surface area contributed by atoms with Crippen LogP contribution < -0.4 is 4.74 Å². The van der Waals surface area contributed by atoms with Gasteiger partial charge in [-0.2, -0.15) is 4.58 Å². The van der Waals surface area contributed by atoms with Crippen LogP contribution >= 0.6 is 0 Å². The van der Waals surface area contributed by atoms with Crippen molar-refractivity contribution in [1.29, 1.82) is 0 Å². The monoisotopic (exact) mass is 503 g/mol. The maximum atomic E-state index is 13.6. The fourth-order valence-corrected chi connectivity index (χ4v) is 6.04. The molecular weight excluding hydrogens is 472 g/mol. The molecule has 4 aromatic rings. The summed E-state index contributed by atoms with van der Waals surface area (Å²) in [5.74, 6) is -0.130. The van der Waals surface area contributed by atoms with Crippen molar-refractivity contribution in [2.75, 3.05) is 13.2 Å². The lowest BCUT2D eigenvalue weighted by Crippen LogP contribution is -2.41. The second kappa shape index (κ2) is 8.95. The summed E-state index contributed by atoms with van der Waals surface area (Å²) in [6.07, 6.45) is 1.84. The third-order valence-corrected chi connectivity index (χ3v) is 8.20. The Morgan fingerprint density at radius 3 is 2.34 bits per heavy atom. The van der Waals surface area contributed by atoms with Gasteiger partial charge in [0.1, 0.15) is 18.3 Å². The van der Waals surface area contributed by atoms with Crippen LogP contribution in [0.25, 0.3) is 10.9 Å². The third-order valence-electron chi connectivity index (χ3n) is 8.20. The molecule has 1 aliphatic carbocycles. The molecule has 0 radical (unpaired) electrons. The minimum absolute atomic E-state index is 0.103. The fourth-order valence-electron chi connectivity index (χ4n) is 6.04. The van der Waals surface area contributed by atoms with E-state index in [0.29, 0.717) is 13.2 Å². The summed E-state index contributed by atoms with van der Waals surface area (Å²) in [5.41, 5.74) is 5.95. The molecule has 2 aliphatic rings. The Labute approximate surface area is 222 Å². The molecule has 0 saturated heterocycles. The van der Waals surface area contributed by atoms with Gasteiger partial charge in [0.2, 0.25) is 5.69 Å². The van der Waals surface area contributed by atoms with Crippen LogP contribution in [0.2, 0.25) is 0 Å². The number of hydrogen-bond acceptors (Lipinski definition) is 3. The summed E-state index contributed by atoms with van der Waals surface area (Å²) < 4.78 is 10.3. The van der Waals surface area contributed by atoms with Crippen molar-refractivity contribution in [1.82, 2.24) is 4.57 Å². The molecule has 0 atom stereocenters. The quantitative estimate of drug-likeness (QED) is 0.145. The van der Waals surface area contributed by atoms with Crippen molar-refractivity contribution in [2.45, 2.75) is 32.1 Å². The molecule has 5 nitrogen and oxygen atoms in total. The van der Waals surface area contributed by atoms with Crippen molar-refractivity contribution < 1.29 is 18.9 Å². The van der Waals surface area contributed by atoms with Crippen molar-refractivity contribution in [3.63, 3.8) is 0 Å². The number of aryl methyl sites for hydroxylation is 1. The number of rotatable bonds is 6. The van der Waals surface area contributed by atoms with Gasteiger partial charge in [0.15, 0.2) is 23.8 Å². The Hall–Kier alpha value is -4.25. The lowest BCUT2D eigenvalue weighted by molar-refractivity contribution is -0.439. The second-order valence-electron chi connectivity index (χ2n) is 10.6. The molecule has 0 unspecified atom stereocenters. The van der Waals surface area contributed by atoms with Gasteiger partial charge in [-0.25, -0.2) is 0 Å². The number of carbonyl (C=O) groups is 2. The van der Waals surface area contributed by atoms with Gasteiger partial charge in [-0.05, 0) is 44.5 Å². The Bertz CT molecular complexity index is 1650. The number of fused-ring (bicyclic) bond motifs is 2. The molecule has 5 heteroatoms. The number of aromatic nitrogens is 1. The van der Waals surface area contributed by atoms with E-state index >= 15 is 0 Å². The van der Waals surface area contributed by atoms with Crippen LogP contribution in [0.1, 0.15) is 36.6 Å². The van der Waals surface area contributed by atoms with E-state index < -0.39 is 5.92 Å². The minimum Gasteiger partial charge on any atom is -0.487 e. The first-order valence-corrected chi connectivity index (χ1v) is 13.1. The Morgan fingerprint density at radius 2 is 1.58 bits per heavy atom. The smallest absolute Gasteiger partial charge is 0.209 e. The van der Waals surface area contributed by atoms with E-state index in [1.54, 1.807) is 0 Å². The number of nitrogens with zero attached hydrogens (tertiary/aromatic N) is 2. The van der Waals surface area contributed by atoms with E-state index in [-0.39, 0.29) is 22.6 Å². The summed E-state index contributed by atoms with van der Waals surface area (Å²) in [4.78, 5) is 27.2. The van der Waals surface area contributed by atoms with E-state index in [1.807, 2.05) is 86.8 Å². The number of allylic oxidation sites excluding steroid dienone is 2. The first-order valence-electron chi connectivity index (χ1n) is 13.1. The summed E-state index contributed by atoms with van der Waals surface area (Å²) in [6.45, 7) is 7.35. The van der Waals surface area contributed by atoms with Gasteiger partial charge >= 0.3 is 0 Å². The predicted octanol–water partition coefficient (Wildman–Crippen LogP) is 5.80. The standard InChI is InChI=1S/C33H31N2O3/c1-21-29(23-14-8-10-16-26(23)34(21)4)30-31(36)24(32(30)37)20-28-33(2,3)25-15-9-11-17-27(25)35(28)18-19-38-22-12-6-5-7-13-22/h5-17,20,30H,18-19H2,1-4H3/q+1. The van der Waals surface area contributed by atoms with Gasteiger partial charge in [0.05, 0.1) is 11.0 Å². The highest BCUT2D eigenvalue weighted by molar-refractivity contribution is 6.44. The number of carbonyl (C=O) groups excluding carboxylic acids is 2. The average Bonchev–Trinajstić information content (AvgIpc) is 3.30. The normalized spacial score (nSPS) is 18.1. The van der Waals surface area contributed by atoms with E-state index in [0.717, 1.165) is 39.3 Å². The topological polar surface area (TPSA) is 51.3 Å². The lowest BCUT2D eigenvalue weighted by Gasteiger charge is -2.27. The molecule has 1 aliphatic heterocycles. The molecule has 0 N–H and O–H groups in total. The molecule has 0 bridgehead atoms. The van der Waals surface area contributed by atoms with Crippen molar-refractivity contribution in [3.05, 3.63) is 107 Å². The highest BCUT2D eigenvalue weighted by Gasteiger charge is 2.50. The van der Waals surface area contributed by atoms with E-state index in [4.69, 9.17) is 4.74 Å². The fraction of sp³-hybridized carbons (Fsp3) is 0.242. The van der Waals surface area contributed by atoms with Gasteiger partial charge in [0, 0.05) is 41.4 Å². The molecule has 1 saturated carbocycles. The molecule has 1 fully saturated rings. The predicted molar refractivity (Wildman–Crippen MR) is 150 cm³/mol. The number of para-hydroxylation sites is 3. The summed E-state index contributed by atoms with van der Waals surface area (Å²) in [5, 5.41) is 0.971. The molecule has 0 spiro atoms. The van der Waals surface area contributed by atoms with Crippen molar-refractivity contribution in [3.8, 4) is 5.75 Å². The second-order valence-corrected chi connectivity index (χ2v) is 10.6. The maximum Gasteiger partial charge on any atom is 0.209 e. The molecule has 38 heavy (non-hydrogen) atoms. The van der Waals surface area contributed by atoms with Crippen LogP contribution in [-0.2, 0) is 22.1 Å². The van der Waals surface area contributed by atoms with E-state index in [9.17, 15) is 9.59 Å². The molecule has 0 amide bonds. The Morgan fingerprint density at radius 1 is 0.921 bits per heavy atom. The lowest BCUT2D eigenvalue weighted by atomic mass is 9.70. The van der Waals surface area contributed by atoms with Crippen molar-refractivity contribution in [2.24, 2.45) is 7.05 Å². The van der Waals surface area contributed by atoms with Gasteiger partial charge in [-0.3, -0.25) is 9.59 Å². The minimum atomic E-state index is -0.741. The zero-order valence-electron chi connectivity index (χ0n) is 22.2. The van der Waals surface area contributed by atoms with Crippen LogP contribution in [0, 0.1) is 6.92 Å². The highest BCUT2D eigenvalue weighted by atomic mass is 16.5. The van der Waals surface area contributed by atoms with E-state index in [2.05, 4.69) is 35.1 Å². The van der Waals surface area contributed by atoms with Gasteiger partial charge in [-0.15, -0.1) is 0 Å². The van der Waals surface area contributed by atoms with Crippen LogP contribution in [0.15, 0.2) is 90.5 Å². The molecule has 6 rings (SSSR count). The molecule has 3 aromatic carbocycles.